The predicted molar refractivity (Wildman–Crippen MR) is 132 cm³/mol. The monoisotopic (exact) mass is 452 g/mol. The summed E-state index contributed by atoms with van der Waals surface area (Å²) in [5.41, 5.74) is 0.562. The molecule has 0 saturated heterocycles. The Bertz CT molecular complexity index is 508. The van der Waals surface area contributed by atoms with Crippen molar-refractivity contribution in [2.24, 2.45) is 34.5 Å². The van der Waals surface area contributed by atoms with E-state index in [0.717, 1.165) is 38.5 Å². The molecule has 0 spiro atoms. The molecule has 0 heterocycles. The molecule has 1 aliphatic carbocycles. The van der Waals surface area contributed by atoms with Gasteiger partial charge in [-0.2, -0.15) is 0 Å². The summed E-state index contributed by atoms with van der Waals surface area (Å²) < 4.78 is 11.2. The fourth-order valence-electron chi connectivity index (χ4n) is 5.04. The molecule has 1 fully saturated rings. The molecule has 188 valence electrons. The van der Waals surface area contributed by atoms with Gasteiger partial charge in [0.25, 0.3) is 0 Å². The molecular weight excluding hydrogens is 400 g/mol. The average molecular weight is 453 g/mol. The average Bonchev–Trinajstić information content (AvgIpc) is 2.73. The van der Waals surface area contributed by atoms with Gasteiger partial charge in [-0.15, -0.1) is 0 Å². The van der Waals surface area contributed by atoms with Crippen molar-refractivity contribution < 1.29 is 19.1 Å². The highest BCUT2D eigenvalue weighted by Gasteiger charge is 2.32. The maximum atomic E-state index is 12.5. The van der Waals surface area contributed by atoms with Crippen LogP contribution in [0.3, 0.4) is 0 Å². The molecule has 0 aliphatic heterocycles. The van der Waals surface area contributed by atoms with Crippen LogP contribution in [0.25, 0.3) is 0 Å². The highest BCUT2D eigenvalue weighted by Crippen LogP contribution is 2.35. The molecule has 0 aromatic carbocycles. The molecule has 32 heavy (non-hydrogen) atoms. The lowest BCUT2D eigenvalue weighted by atomic mass is 9.75. The highest BCUT2D eigenvalue weighted by atomic mass is 16.5. The Morgan fingerprint density at radius 2 is 1.03 bits per heavy atom. The maximum Gasteiger partial charge on any atom is 0.308 e. The van der Waals surface area contributed by atoms with E-state index in [1.165, 1.54) is 25.7 Å². The minimum Gasteiger partial charge on any atom is -0.465 e. The van der Waals surface area contributed by atoms with Gasteiger partial charge in [0.1, 0.15) is 0 Å². The van der Waals surface area contributed by atoms with Gasteiger partial charge in [0.05, 0.1) is 25.0 Å². The molecular formula is C28H52O4. The second-order valence-electron chi connectivity index (χ2n) is 11.7. The molecule has 2 unspecified atom stereocenters. The first-order chi connectivity index (χ1) is 14.9. The van der Waals surface area contributed by atoms with E-state index in [9.17, 15) is 9.59 Å². The van der Waals surface area contributed by atoms with Gasteiger partial charge >= 0.3 is 11.9 Å². The van der Waals surface area contributed by atoms with Crippen molar-refractivity contribution in [3.8, 4) is 0 Å². The maximum absolute atomic E-state index is 12.5. The summed E-state index contributed by atoms with van der Waals surface area (Å²) in [7, 11) is 0. The molecule has 0 aromatic heterocycles. The predicted octanol–water partition coefficient (Wildman–Crippen LogP) is 7.58. The Morgan fingerprint density at radius 1 is 0.719 bits per heavy atom. The van der Waals surface area contributed by atoms with E-state index in [1.54, 1.807) is 0 Å². The van der Waals surface area contributed by atoms with Crippen molar-refractivity contribution in [3.05, 3.63) is 0 Å². The van der Waals surface area contributed by atoms with Crippen molar-refractivity contribution in [1.29, 1.82) is 0 Å². The lowest BCUT2D eigenvalue weighted by molar-refractivity contribution is -0.155. The van der Waals surface area contributed by atoms with E-state index in [4.69, 9.17) is 9.47 Å². The lowest BCUT2D eigenvalue weighted by Gasteiger charge is -2.32. The molecule has 0 N–H and O–H groups in total. The number of esters is 2. The molecule has 0 amide bonds. The van der Waals surface area contributed by atoms with E-state index in [0.29, 0.717) is 25.0 Å². The van der Waals surface area contributed by atoms with E-state index in [2.05, 4.69) is 55.4 Å². The molecule has 0 radical (unpaired) electrons. The van der Waals surface area contributed by atoms with Gasteiger partial charge in [0.2, 0.25) is 0 Å². The van der Waals surface area contributed by atoms with Crippen LogP contribution in [0.5, 0.6) is 0 Å². The summed E-state index contributed by atoms with van der Waals surface area (Å²) in [4.78, 5) is 25.0. The summed E-state index contributed by atoms with van der Waals surface area (Å²) >= 11 is 0. The Kier molecular flexibility index (Phi) is 12.3. The number of carbonyl (C=O) groups excluding carboxylic acids is 2. The Morgan fingerprint density at radius 3 is 1.31 bits per heavy atom. The van der Waals surface area contributed by atoms with E-state index in [1.807, 2.05) is 0 Å². The van der Waals surface area contributed by atoms with Crippen LogP contribution in [0.15, 0.2) is 0 Å². The van der Waals surface area contributed by atoms with Crippen molar-refractivity contribution >= 4 is 11.9 Å². The number of hydrogen-bond acceptors (Lipinski definition) is 4. The van der Waals surface area contributed by atoms with Gasteiger partial charge < -0.3 is 9.47 Å². The summed E-state index contributed by atoms with van der Waals surface area (Å²) in [6, 6.07) is 0. The normalized spacial score (nSPS) is 21.6. The zero-order chi connectivity index (χ0) is 24.4. The van der Waals surface area contributed by atoms with E-state index < -0.39 is 0 Å². The molecule has 0 aromatic rings. The highest BCUT2D eigenvalue weighted by molar-refractivity contribution is 5.75. The van der Waals surface area contributed by atoms with Crippen LogP contribution >= 0.6 is 0 Å². The fourth-order valence-corrected chi connectivity index (χ4v) is 5.04. The minimum atomic E-state index is -0.0794. The third-order valence-corrected chi connectivity index (χ3v) is 8.44. The molecule has 1 aliphatic rings. The van der Waals surface area contributed by atoms with E-state index in [-0.39, 0.29) is 34.6 Å². The Hall–Kier alpha value is -1.06. The Labute approximate surface area is 198 Å². The van der Waals surface area contributed by atoms with Gasteiger partial charge in [0, 0.05) is 0 Å². The first kappa shape index (κ1) is 29.0. The largest absolute Gasteiger partial charge is 0.465 e. The zero-order valence-corrected chi connectivity index (χ0v) is 22.4. The van der Waals surface area contributed by atoms with Crippen LogP contribution in [0.4, 0.5) is 0 Å². The van der Waals surface area contributed by atoms with Crippen LogP contribution < -0.4 is 0 Å². The second kappa shape index (κ2) is 13.6. The van der Waals surface area contributed by atoms with Crippen LogP contribution in [0.1, 0.15) is 120 Å². The number of hydrogen-bond donors (Lipinski definition) is 0. The minimum absolute atomic E-state index is 0.0622. The summed E-state index contributed by atoms with van der Waals surface area (Å²) in [6.45, 7) is 19.2. The first-order valence-corrected chi connectivity index (χ1v) is 13.3. The quantitative estimate of drug-likeness (QED) is 0.255. The third kappa shape index (κ3) is 9.43. The van der Waals surface area contributed by atoms with Gasteiger partial charge in [-0.3, -0.25) is 9.59 Å². The van der Waals surface area contributed by atoms with Gasteiger partial charge in [-0.1, -0.05) is 68.2 Å². The van der Waals surface area contributed by atoms with Crippen molar-refractivity contribution in [1.82, 2.24) is 0 Å². The fraction of sp³-hybridized carbons (Fsp3) is 0.929. The molecule has 0 bridgehead atoms. The zero-order valence-electron chi connectivity index (χ0n) is 22.4. The molecule has 4 nitrogen and oxygen atoms in total. The van der Waals surface area contributed by atoms with Crippen LogP contribution in [0.2, 0.25) is 0 Å². The van der Waals surface area contributed by atoms with Crippen molar-refractivity contribution in [2.45, 2.75) is 120 Å². The smallest absolute Gasteiger partial charge is 0.308 e. The standard InChI is InChI=1S/C28H52O4/c1-9-17-27(5,6)21(3)15-19-31-25(29)23-11-13-24(14-12-23)26(30)32-20-16-22(4)28(7,8)18-10-2/h21-24H,9-20H2,1-8H3. The summed E-state index contributed by atoms with van der Waals surface area (Å²) in [5.74, 6) is 0.765. The first-order valence-electron chi connectivity index (χ1n) is 13.3. The SMILES string of the molecule is CCCC(C)(C)C(C)CCOC(=O)C1CCC(C(=O)OCCC(C)C(C)(C)CCC)CC1. The van der Waals surface area contributed by atoms with Crippen LogP contribution in [0, 0.1) is 34.5 Å². The van der Waals surface area contributed by atoms with Crippen molar-refractivity contribution in [2.75, 3.05) is 13.2 Å². The molecule has 1 rings (SSSR count). The van der Waals surface area contributed by atoms with Crippen molar-refractivity contribution in [3.63, 3.8) is 0 Å². The Balaban J connectivity index is 2.29. The third-order valence-electron chi connectivity index (χ3n) is 8.44. The molecule has 2 atom stereocenters. The summed E-state index contributed by atoms with van der Waals surface area (Å²) in [6.07, 6.45) is 9.49. The topological polar surface area (TPSA) is 52.6 Å². The van der Waals surface area contributed by atoms with Gasteiger partial charge in [0.15, 0.2) is 0 Å². The molecule has 1 saturated carbocycles. The summed E-state index contributed by atoms with van der Waals surface area (Å²) in [5, 5.41) is 0. The lowest BCUT2D eigenvalue weighted by Crippen LogP contribution is -2.30. The van der Waals surface area contributed by atoms with E-state index >= 15 is 0 Å². The second-order valence-corrected chi connectivity index (χ2v) is 11.7. The van der Waals surface area contributed by atoms with Gasteiger partial charge in [-0.05, 0) is 74.0 Å². The molecule has 4 heteroatoms. The number of ether oxygens (including phenoxy) is 2. The number of carbonyl (C=O) groups is 2. The van der Waals surface area contributed by atoms with Gasteiger partial charge in [-0.25, -0.2) is 0 Å². The van der Waals surface area contributed by atoms with Crippen LogP contribution in [-0.2, 0) is 19.1 Å². The number of rotatable bonds is 14. The van der Waals surface area contributed by atoms with Crippen LogP contribution in [-0.4, -0.2) is 25.2 Å².